The maximum atomic E-state index is 10.8. The van der Waals surface area contributed by atoms with Gasteiger partial charge in [0.05, 0.1) is 13.1 Å². The Balaban J connectivity index is 3.53. The third kappa shape index (κ3) is 7.04. The summed E-state index contributed by atoms with van der Waals surface area (Å²) >= 11 is 0. The maximum absolute atomic E-state index is 10.8. The number of carbonyl (C=O) groups excluding carboxylic acids is 3. The second-order valence-corrected chi connectivity index (χ2v) is 2.59. The molecule has 0 fully saturated rings. The van der Waals surface area contributed by atoms with Crippen LogP contribution in [0.4, 0.5) is 4.79 Å². The Bertz CT molecular complexity index is 229. The zero-order valence-corrected chi connectivity index (χ0v) is 8.14. The number of hydrogen-bond donors (Lipinski definition) is 4. The molecule has 0 atom stereocenters. The fourth-order valence-corrected chi connectivity index (χ4v) is 0.580. The Hall–Kier alpha value is -1.63. The number of likely N-dealkylation sites (N-methyl/N-ethyl adjacent to an activating group) is 1. The number of carbonyl (C=O) groups is 3. The quantitative estimate of drug-likeness (QED) is 0.401. The van der Waals surface area contributed by atoms with Gasteiger partial charge in [0.25, 0.3) is 5.91 Å². The highest BCUT2D eigenvalue weighted by atomic mass is 16.2. The van der Waals surface area contributed by atoms with Gasteiger partial charge in [-0.3, -0.25) is 15.0 Å². The molecule has 0 saturated carbocycles. The summed E-state index contributed by atoms with van der Waals surface area (Å²) in [5.41, 5.74) is 4.21. The van der Waals surface area contributed by atoms with Gasteiger partial charge in [-0.25, -0.2) is 10.2 Å². The summed E-state index contributed by atoms with van der Waals surface area (Å²) < 4.78 is 0. The van der Waals surface area contributed by atoms with Crippen molar-refractivity contribution in [3.05, 3.63) is 0 Å². The molecule has 0 aromatic heterocycles. The molecule has 0 aromatic rings. The highest BCUT2D eigenvalue weighted by molar-refractivity contribution is 5.85. The van der Waals surface area contributed by atoms with Crippen LogP contribution in [0.5, 0.6) is 0 Å². The summed E-state index contributed by atoms with van der Waals surface area (Å²) in [6.45, 7) is 1.39. The zero-order valence-electron chi connectivity index (χ0n) is 8.14. The lowest BCUT2D eigenvalue weighted by Gasteiger charge is -2.07. The van der Waals surface area contributed by atoms with E-state index in [0.717, 1.165) is 0 Å². The van der Waals surface area contributed by atoms with E-state index in [9.17, 15) is 14.4 Å². The second kappa shape index (κ2) is 6.84. The molecule has 3 amide bonds. The van der Waals surface area contributed by atoms with Gasteiger partial charge in [0.2, 0.25) is 0 Å². The van der Waals surface area contributed by atoms with Gasteiger partial charge in [0.1, 0.15) is 5.78 Å². The third-order valence-electron chi connectivity index (χ3n) is 1.15. The van der Waals surface area contributed by atoms with Crippen molar-refractivity contribution in [3.8, 4) is 0 Å². The number of nitrogens with one attached hydrogen (secondary N) is 4. The van der Waals surface area contributed by atoms with Crippen molar-refractivity contribution in [2.75, 3.05) is 20.1 Å². The smallest absolute Gasteiger partial charge is 0.330 e. The van der Waals surface area contributed by atoms with Crippen molar-refractivity contribution in [2.24, 2.45) is 0 Å². The molecule has 0 saturated heterocycles. The van der Waals surface area contributed by atoms with Crippen LogP contribution < -0.4 is 21.5 Å². The Morgan fingerprint density at radius 3 is 2.21 bits per heavy atom. The molecule has 0 rings (SSSR count). The standard InChI is InChI=1S/C7H14N4O3/c1-5(12)3-9-7(14)11-10-6(13)4-8-2/h8H,3-4H2,1-2H3,(H,10,13)(H2,9,11,14). The molecular formula is C7H14N4O3. The molecule has 0 aliphatic heterocycles. The first-order valence-electron chi connectivity index (χ1n) is 4.03. The van der Waals surface area contributed by atoms with Crippen molar-refractivity contribution in [1.82, 2.24) is 21.5 Å². The predicted octanol–water partition coefficient (Wildman–Crippen LogP) is -1.87. The third-order valence-corrected chi connectivity index (χ3v) is 1.15. The summed E-state index contributed by atoms with van der Waals surface area (Å²) in [4.78, 5) is 32.1. The predicted molar refractivity (Wildman–Crippen MR) is 49.3 cm³/mol. The molecule has 80 valence electrons. The van der Waals surface area contributed by atoms with E-state index in [0.29, 0.717) is 0 Å². The van der Waals surface area contributed by atoms with Crippen molar-refractivity contribution in [1.29, 1.82) is 0 Å². The van der Waals surface area contributed by atoms with Gasteiger partial charge in [-0.2, -0.15) is 0 Å². The molecule has 7 heteroatoms. The molecular weight excluding hydrogens is 188 g/mol. The Morgan fingerprint density at radius 1 is 1.07 bits per heavy atom. The van der Waals surface area contributed by atoms with E-state index in [1.807, 2.05) is 0 Å². The minimum atomic E-state index is -0.621. The normalized spacial score (nSPS) is 9.00. The molecule has 0 unspecified atom stereocenters. The second-order valence-electron chi connectivity index (χ2n) is 2.59. The van der Waals surface area contributed by atoms with Gasteiger partial charge < -0.3 is 10.6 Å². The summed E-state index contributed by atoms with van der Waals surface area (Å²) in [5.74, 6) is -0.535. The summed E-state index contributed by atoms with van der Waals surface area (Å²) in [7, 11) is 1.61. The topological polar surface area (TPSA) is 99.3 Å². The number of Topliss-reactive ketones (excluding diaryl/α,β-unsaturated/α-hetero) is 1. The molecule has 4 N–H and O–H groups in total. The Morgan fingerprint density at radius 2 is 1.71 bits per heavy atom. The first kappa shape index (κ1) is 12.4. The van der Waals surface area contributed by atoms with Gasteiger partial charge >= 0.3 is 6.03 Å². The summed E-state index contributed by atoms with van der Waals surface area (Å²) in [5, 5.41) is 4.85. The van der Waals surface area contributed by atoms with Crippen molar-refractivity contribution in [3.63, 3.8) is 0 Å². The molecule has 0 aromatic carbocycles. The van der Waals surface area contributed by atoms with Gasteiger partial charge in [-0.15, -0.1) is 0 Å². The molecule has 0 aliphatic rings. The molecule has 0 heterocycles. The van der Waals surface area contributed by atoms with E-state index in [4.69, 9.17) is 0 Å². The highest BCUT2D eigenvalue weighted by Crippen LogP contribution is 1.66. The van der Waals surface area contributed by atoms with Crippen LogP contribution in [0.25, 0.3) is 0 Å². The van der Waals surface area contributed by atoms with Crippen LogP contribution in [0.2, 0.25) is 0 Å². The van der Waals surface area contributed by atoms with Crippen molar-refractivity contribution >= 4 is 17.7 Å². The van der Waals surface area contributed by atoms with Crippen LogP contribution in [0, 0.1) is 0 Å². The number of hydrogen-bond acceptors (Lipinski definition) is 4. The lowest BCUT2D eigenvalue weighted by atomic mass is 10.4. The Kier molecular flexibility index (Phi) is 6.04. The lowest BCUT2D eigenvalue weighted by Crippen LogP contribution is -2.49. The number of amides is 3. The first-order valence-corrected chi connectivity index (χ1v) is 4.03. The fourth-order valence-electron chi connectivity index (χ4n) is 0.580. The van der Waals surface area contributed by atoms with Crippen LogP contribution >= 0.6 is 0 Å². The average molecular weight is 202 g/mol. The van der Waals surface area contributed by atoms with Crippen molar-refractivity contribution in [2.45, 2.75) is 6.92 Å². The maximum Gasteiger partial charge on any atom is 0.333 e. The summed E-state index contributed by atoms with van der Waals surface area (Å²) in [6, 6.07) is -0.621. The average Bonchev–Trinajstić information content (AvgIpc) is 2.12. The SMILES string of the molecule is CNCC(=O)NNC(=O)NCC(C)=O. The van der Waals surface area contributed by atoms with E-state index in [2.05, 4.69) is 21.5 Å². The van der Waals surface area contributed by atoms with Gasteiger partial charge in [0, 0.05) is 0 Å². The van der Waals surface area contributed by atoms with Gasteiger partial charge in [-0.1, -0.05) is 0 Å². The molecule has 0 aliphatic carbocycles. The monoisotopic (exact) mass is 202 g/mol. The number of hydrazine groups is 1. The number of rotatable bonds is 4. The number of urea groups is 1. The van der Waals surface area contributed by atoms with Crippen LogP contribution in [-0.4, -0.2) is 37.9 Å². The molecule has 7 nitrogen and oxygen atoms in total. The highest BCUT2D eigenvalue weighted by Gasteiger charge is 2.02. The minimum Gasteiger partial charge on any atom is -0.330 e. The molecule has 0 radical (unpaired) electrons. The van der Waals surface area contributed by atoms with Gasteiger partial charge in [-0.05, 0) is 14.0 Å². The molecule has 0 spiro atoms. The van der Waals surface area contributed by atoms with E-state index in [1.165, 1.54) is 6.92 Å². The van der Waals surface area contributed by atoms with Crippen LogP contribution in [0.1, 0.15) is 6.92 Å². The summed E-state index contributed by atoms with van der Waals surface area (Å²) in [6.07, 6.45) is 0. The Labute approximate surface area is 81.6 Å². The van der Waals surface area contributed by atoms with Crippen LogP contribution in [0.3, 0.4) is 0 Å². The van der Waals surface area contributed by atoms with Crippen LogP contribution in [-0.2, 0) is 9.59 Å². The van der Waals surface area contributed by atoms with E-state index in [1.54, 1.807) is 7.05 Å². The zero-order chi connectivity index (χ0) is 11.0. The largest absolute Gasteiger partial charge is 0.333 e. The minimum absolute atomic E-state index is 0.0618. The van der Waals surface area contributed by atoms with E-state index in [-0.39, 0.29) is 24.8 Å². The molecule has 14 heavy (non-hydrogen) atoms. The van der Waals surface area contributed by atoms with Gasteiger partial charge in [0.15, 0.2) is 0 Å². The number of ketones is 1. The molecule has 0 bridgehead atoms. The van der Waals surface area contributed by atoms with E-state index >= 15 is 0 Å². The van der Waals surface area contributed by atoms with Crippen LogP contribution in [0.15, 0.2) is 0 Å². The lowest BCUT2D eigenvalue weighted by molar-refractivity contribution is -0.120. The first-order chi connectivity index (χ1) is 6.56. The van der Waals surface area contributed by atoms with Crippen molar-refractivity contribution < 1.29 is 14.4 Å². The fraction of sp³-hybridized carbons (Fsp3) is 0.571. The van der Waals surface area contributed by atoms with E-state index < -0.39 is 6.03 Å².